The Morgan fingerprint density at radius 1 is 1.10 bits per heavy atom. The minimum absolute atomic E-state index is 0.706. The summed E-state index contributed by atoms with van der Waals surface area (Å²) in [4.78, 5) is 4.60. The summed E-state index contributed by atoms with van der Waals surface area (Å²) >= 11 is 0. The van der Waals surface area contributed by atoms with Crippen LogP contribution in [-0.4, -0.2) is 19.8 Å². The molecule has 0 bridgehead atoms. The van der Waals surface area contributed by atoms with Gasteiger partial charge in [0.05, 0.1) is 6.20 Å². The van der Waals surface area contributed by atoms with Crippen molar-refractivity contribution in [2.45, 2.75) is 65.2 Å². The first kappa shape index (κ1) is 14.8. The molecule has 0 aliphatic heterocycles. The van der Waals surface area contributed by atoms with E-state index < -0.39 is 0 Å². The molecule has 5 heteroatoms. The number of fused-ring (bicyclic) bond motifs is 1. The lowest BCUT2D eigenvalue weighted by Crippen LogP contribution is -2.09. The predicted octanol–water partition coefficient (Wildman–Crippen LogP) is 3.17. The van der Waals surface area contributed by atoms with Crippen LogP contribution in [0.1, 0.15) is 63.6 Å². The number of nitrogens with zero attached hydrogens (tertiary/aromatic N) is 4. The number of rotatable bonds is 8. The highest BCUT2D eigenvalue weighted by Crippen LogP contribution is 2.20. The van der Waals surface area contributed by atoms with Gasteiger partial charge in [0.25, 0.3) is 0 Å². The van der Waals surface area contributed by atoms with Gasteiger partial charge in [-0.05, 0) is 19.3 Å². The summed E-state index contributed by atoms with van der Waals surface area (Å²) in [6, 6.07) is 0. The summed E-state index contributed by atoms with van der Waals surface area (Å²) < 4.78 is 1.64. The molecule has 20 heavy (non-hydrogen) atoms. The number of unbranched alkanes of at least 4 members (excludes halogenated alkanes) is 5. The van der Waals surface area contributed by atoms with Gasteiger partial charge in [0.2, 0.25) is 0 Å². The van der Waals surface area contributed by atoms with Gasteiger partial charge in [-0.1, -0.05) is 51.2 Å². The molecule has 2 rings (SSSR count). The maximum Gasteiger partial charge on any atom is 0.178 e. The van der Waals surface area contributed by atoms with E-state index in [9.17, 15) is 0 Å². The summed E-state index contributed by atoms with van der Waals surface area (Å²) in [6.07, 6.45) is 11.3. The number of hydrogen-bond acceptors (Lipinski definition) is 4. The third-order valence-corrected chi connectivity index (χ3v) is 3.78. The van der Waals surface area contributed by atoms with Crippen molar-refractivity contribution >= 4 is 11.5 Å². The molecule has 0 unspecified atom stereocenters. The molecular formula is C15H25N5. The molecule has 2 aromatic rings. The fourth-order valence-corrected chi connectivity index (χ4v) is 2.61. The minimum atomic E-state index is 0.706. The quantitative estimate of drug-likeness (QED) is 0.751. The van der Waals surface area contributed by atoms with Crippen LogP contribution in [0.2, 0.25) is 0 Å². The van der Waals surface area contributed by atoms with Crippen molar-refractivity contribution < 1.29 is 0 Å². The van der Waals surface area contributed by atoms with E-state index in [0.29, 0.717) is 5.82 Å². The van der Waals surface area contributed by atoms with Crippen molar-refractivity contribution in [1.29, 1.82) is 0 Å². The Hall–Kier alpha value is -1.65. The molecular weight excluding hydrogens is 250 g/mol. The SMILES string of the molecule is CCCCCCCCc1c(CC)nc2cnnn2c1N. The Bertz CT molecular complexity index is 546. The Morgan fingerprint density at radius 3 is 2.60 bits per heavy atom. The van der Waals surface area contributed by atoms with Crippen LogP contribution in [0.3, 0.4) is 0 Å². The summed E-state index contributed by atoms with van der Waals surface area (Å²) in [5.41, 5.74) is 9.21. The summed E-state index contributed by atoms with van der Waals surface area (Å²) in [7, 11) is 0. The number of hydrogen-bond donors (Lipinski definition) is 1. The van der Waals surface area contributed by atoms with Crippen molar-refractivity contribution in [2.75, 3.05) is 5.73 Å². The van der Waals surface area contributed by atoms with E-state index >= 15 is 0 Å². The predicted molar refractivity (Wildman–Crippen MR) is 81.7 cm³/mol. The van der Waals surface area contributed by atoms with E-state index in [2.05, 4.69) is 29.1 Å². The Morgan fingerprint density at radius 2 is 1.85 bits per heavy atom. The zero-order chi connectivity index (χ0) is 14.4. The second kappa shape index (κ2) is 7.22. The molecule has 0 aliphatic carbocycles. The van der Waals surface area contributed by atoms with Gasteiger partial charge in [-0.15, -0.1) is 5.10 Å². The minimum Gasteiger partial charge on any atom is -0.383 e. The molecule has 0 atom stereocenters. The van der Waals surface area contributed by atoms with Gasteiger partial charge in [0.1, 0.15) is 5.82 Å². The van der Waals surface area contributed by atoms with Gasteiger partial charge in [0, 0.05) is 11.3 Å². The first-order valence-corrected chi connectivity index (χ1v) is 7.75. The fraction of sp³-hybridized carbons (Fsp3) is 0.667. The third kappa shape index (κ3) is 3.26. The lowest BCUT2D eigenvalue weighted by Gasteiger charge is -2.11. The number of nitrogens with two attached hydrogens (primary N) is 1. The molecule has 0 saturated heterocycles. The number of aryl methyl sites for hydroxylation is 1. The van der Waals surface area contributed by atoms with Gasteiger partial charge in [-0.3, -0.25) is 0 Å². The zero-order valence-electron chi connectivity index (χ0n) is 12.6. The zero-order valence-corrected chi connectivity index (χ0v) is 12.6. The van der Waals surface area contributed by atoms with E-state index in [4.69, 9.17) is 5.73 Å². The van der Waals surface area contributed by atoms with Gasteiger partial charge in [-0.2, -0.15) is 4.52 Å². The molecule has 2 aromatic heterocycles. The first-order chi connectivity index (χ1) is 9.77. The van der Waals surface area contributed by atoms with E-state index in [0.717, 1.165) is 29.7 Å². The highest BCUT2D eigenvalue weighted by Gasteiger charge is 2.12. The Labute approximate surface area is 120 Å². The van der Waals surface area contributed by atoms with Gasteiger partial charge >= 0.3 is 0 Å². The molecule has 0 amide bonds. The smallest absolute Gasteiger partial charge is 0.178 e. The molecule has 0 aromatic carbocycles. The highest BCUT2D eigenvalue weighted by molar-refractivity contribution is 5.51. The van der Waals surface area contributed by atoms with Crippen molar-refractivity contribution in [3.05, 3.63) is 17.5 Å². The topological polar surface area (TPSA) is 69.1 Å². The molecule has 0 saturated carbocycles. The Balaban J connectivity index is 2.02. The van der Waals surface area contributed by atoms with Crippen LogP contribution in [-0.2, 0) is 12.8 Å². The molecule has 0 fully saturated rings. The van der Waals surface area contributed by atoms with Crippen molar-refractivity contribution in [3.63, 3.8) is 0 Å². The summed E-state index contributed by atoms with van der Waals surface area (Å²) in [5, 5.41) is 7.88. The first-order valence-electron chi connectivity index (χ1n) is 7.75. The van der Waals surface area contributed by atoms with Crippen molar-refractivity contribution in [1.82, 2.24) is 19.8 Å². The second-order valence-electron chi connectivity index (χ2n) is 5.30. The third-order valence-electron chi connectivity index (χ3n) is 3.78. The average Bonchev–Trinajstić information content (AvgIpc) is 2.93. The van der Waals surface area contributed by atoms with E-state index in [-0.39, 0.29) is 0 Å². The standard InChI is InChI=1S/C15H25N5/c1-3-5-6-7-8-9-10-12-13(4-2)18-14-11-17-19-20(14)15(12)16/h11H,3-10,16H2,1-2H3. The average molecular weight is 275 g/mol. The van der Waals surface area contributed by atoms with Crippen LogP contribution >= 0.6 is 0 Å². The molecule has 0 spiro atoms. The molecule has 0 radical (unpaired) electrons. The number of anilines is 1. The number of nitrogen functional groups attached to an aromatic ring is 1. The largest absolute Gasteiger partial charge is 0.383 e. The highest BCUT2D eigenvalue weighted by atomic mass is 15.4. The van der Waals surface area contributed by atoms with E-state index in [1.54, 1.807) is 10.7 Å². The van der Waals surface area contributed by atoms with E-state index in [1.807, 2.05) is 0 Å². The molecule has 2 N–H and O–H groups in total. The van der Waals surface area contributed by atoms with Gasteiger partial charge in [0.15, 0.2) is 5.65 Å². The lowest BCUT2D eigenvalue weighted by molar-refractivity contribution is 0.605. The Kier molecular flexibility index (Phi) is 5.32. The lowest BCUT2D eigenvalue weighted by atomic mass is 10.0. The molecule has 2 heterocycles. The number of aromatic nitrogens is 4. The van der Waals surface area contributed by atoms with E-state index in [1.165, 1.54) is 38.5 Å². The maximum absolute atomic E-state index is 6.22. The van der Waals surface area contributed by atoms with Crippen LogP contribution in [0, 0.1) is 0 Å². The second-order valence-corrected chi connectivity index (χ2v) is 5.30. The fourth-order valence-electron chi connectivity index (χ4n) is 2.61. The van der Waals surface area contributed by atoms with Crippen LogP contribution in [0.5, 0.6) is 0 Å². The summed E-state index contributed by atoms with van der Waals surface area (Å²) in [5.74, 6) is 0.706. The van der Waals surface area contributed by atoms with Crippen molar-refractivity contribution in [3.8, 4) is 0 Å². The van der Waals surface area contributed by atoms with Gasteiger partial charge in [-0.25, -0.2) is 4.98 Å². The maximum atomic E-state index is 6.22. The summed E-state index contributed by atoms with van der Waals surface area (Å²) in [6.45, 7) is 4.36. The van der Waals surface area contributed by atoms with Crippen LogP contribution in [0.15, 0.2) is 6.20 Å². The van der Waals surface area contributed by atoms with Crippen molar-refractivity contribution in [2.24, 2.45) is 0 Å². The van der Waals surface area contributed by atoms with Crippen LogP contribution < -0.4 is 5.73 Å². The normalized spacial score (nSPS) is 11.3. The molecule has 5 nitrogen and oxygen atoms in total. The molecule has 110 valence electrons. The molecule has 0 aliphatic rings. The monoisotopic (exact) mass is 275 g/mol. The van der Waals surface area contributed by atoms with Crippen LogP contribution in [0.25, 0.3) is 5.65 Å². The van der Waals surface area contributed by atoms with Crippen LogP contribution in [0.4, 0.5) is 5.82 Å². The van der Waals surface area contributed by atoms with Gasteiger partial charge < -0.3 is 5.73 Å².